The molecule has 1 heterocycles. The number of hydrogen-bond acceptors (Lipinski definition) is 7. The zero-order valence-corrected chi connectivity index (χ0v) is 10.8. The van der Waals surface area contributed by atoms with Gasteiger partial charge in [-0.15, -0.1) is 0 Å². The third-order valence-electron chi connectivity index (χ3n) is 2.62. The van der Waals surface area contributed by atoms with E-state index in [1.165, 1.54) is 19.2 Å². The highest BCUT2D eigenvalue weighted by atomic mass is 16.5. The maximum absolute atomic E-state index is 10.0. The van der Waals surface area contributed by atoms with Crippen LogP contribution in [0.25, 0.3) is 0 Å². The third-order valence-corrected chi connectivity index (χ3v) is 2.62. The molecule has 1 aromatic heterocycles. The van der Waals surface area contributed by atoms with Gasteiger partial charge in [0.05, 0.1) is 24.0 Å². The van der Waals surface area contributed by atoms with E-state index in [1.54, 1.807) is 6.07 Å². The van der Waals surface area contributed by atoms with Crippen LogP contribution in [0.2, 0.25) is 0 Å². The number of hydrogen-bond donors (Lipinski definition) is 3. The lowest BCUT2D eigenvalue weighted by Crippen LogP contribution is -2.03. The number of aromatic hydroxyl groups is 1. The van der Waals surface area contributed by atoms with E-state index < -0.39 is 7.04 Å². The van der Waals surface area contributed by atoms with Crippen LogP contribution in [-0.4, -0.2) is 29.2 Å². The molecule has 7 heteroatoms. The summed E-state index contributed by atoms with van der Waals surface area (Å²) in [7, 11) is -1.37. The number of methoxy groups -OCH3 is 2. The Kier molecular flexibility index (Phi) is 2.79. The topological polar surface area (TPSA) is 117 Å². The normalized spacial score (nSPS) is 13.2. The number of phenols is 1. The first-order valence-corrected chi connectivity index (χ1v) is 5.66. The molecule has 0 spiro atoms. The van der Waals surface area contributed by atoms with E-state index >= 15 is 0 Å². The van der Waals surface area contributed by atoms with Crippen molar-refractivity contribution in [3.63, 3.8) is 0 Å². The number of nitrogens with zero attached hydrogens (tertiary/aromatic N) is 2. The molecule has 0 fully saturated rings. The van der Waals surface area contributed by atoms with Gasteiger partial charge in [-0.05, 0) is 17.7 Å². The summed E-state index contributed by atoms with van der Waals surface area (Å²) in [6.07, 6.45) is 0.287. The van der Waals surface area contributed by atoms with E-state index in [2.05, 4.69) is 9.97 Å². The fourth-order valence-corrected chi connectivity index (χ4v) is 1.84. The number of benzene rings is 1. The lowest BCUT2D eigenvalue weighted by atomic mass is 10.1. The SMILES string of the molecule is [2H]C([2H])([2H])Oc1c(O)cc(Cc2cc(N)nc(N)n2)cc1OC. The third kappa shape index (κ3) is 2.82. The number of ether oxygens (including phenoxy) is 2. The van der Waals surface area contributed by atoms with Crippen molar-refractivity contribution in [3.8, 4) is 17.2 Å². The highest BCUT2D eigenvalue weighted by Crippen LogP contribution is 2.37. The predicted molar refractivity (Wildman–Crippen MR) is 74.9 cm³/mol. The molecule has 0 amide bonds. The Morgan fingerprint density at radius 3 is 2.70 bits per heavy atom. The van der Waals surface area contributed by atoms with E-state index in [9.17, 15) is 5.11 Å². The molecule has 106 valence electrons. The molecule has 0 aliphatic heterocycles. The first kappa shape index (κ1) is 10.1. The van der Waals surface area contributed by atoms with Gasteiger partial charge >= 0.3 is 0 Å². The van der Waals surface area contributed by atoms with Crippen molar-refractivity contribution in [1.29, 1.82) is 0 Å². The van der Waals surface area contributed by atoms with Gasteiger partial charge in [-0.3, -0.25) is 0 Å². The summed E-state index contributed by atoms with van der Waals surface area (Å²) < 4.78 is 31.2. The quantitative estimate of drug-likeness (QED) is 0.763. The Labute approximate surface area is 120 Å². The summed E-state index contributed by atoms with van der Waals surface area (Å²) in [5.74, 6) is -0.251. The minimum absolute atomic E-state index is 0.0403. The van der Waals surface area contributed by atoms with E-state index in [-0.39, 0.29) is 35.4 Å². The van der Waals surface area contributed by atoms with Crippen LogP contribution in [-0.2, 0) is 6.42 Å². The van der Waals surface area contributed by atoms with Crippen molar-refractivity contribution in [2.45, 2.75) is 6.42 Å². The van der Waals surface area contributed by atoms with Gasteiger partial charge < -0.3 is 26.0 Å². The smallest absolute Gasteiger partial charge is 0.222 e. The van der Waals surface area contributed by atoms with Gasteiger partial charge in [0, 0.05) is 12.5 Å². The zero-order chi connectivity index (χ0) is 17.2. The molecule has 0 bridgehead atoms. The molecule has 0 saturated carbocycles. The molecule has 2 rings (SSSR count). The second-order valence-corrected chi connectivity index (χ2v) is 4.07. The van der Waals surface area contributed by atoms with Crippen molar-refractivity contribution in [2.75, 3.05) is 25.6 Å². The van der Waals surface area contributed by atoms with Gasteiger partial charge in [0.2, 0.25) is 11.7 Å². The van der Waals surface area contributed by atoms with E-state index in [4.69, 9.17) is 25.1 Å². The van der Waals surface area contributed by atoms with Crippen molar-refractivity contribution in [1.82, 2.24) is 9.97 Å². The van der Waals surface area contributed by atoms with Crippen LogP contribution in [0.1, 0.15) is 15.4 Å². The van der Waals surface area contributed by atoms with Crippen LogP contribution in [0.5, 0.6) is 17.2 Å². The molecule has 2 aromatic rings. The second-order valence-electron chi connectivity index (χ2n) is 4.07. The van der Waals surface area contributed by atoms with E-state index in [0.717, 1.165) is 0 Å². The highest BCUT2D eigenvalue weighted by molar-refractivity contribution is 5.53. The number of rotatable bonds is 4. The molecular weight excluding hydrogens is 260 g/mol. The van der Waals surface area contributed by atoms with E-state index in [0.29, 0.717) is 11.3 Å². The molecule has 0 radical (unpaired) electrons. The minimum atomic E-state index is -2.71. The Morgan fingerprint density at radius 2 is 2.05 bits per heavy atom. The number of anilines is 2. The summed E-state index contributed by atoms with van der Waals surface area (Å²) in [6, 6.07) is 4.44. The number of phenolic OH excluding ortho intramolecular Hbond substituents is 1. The van der Waals surface area contributed by atoms with Crippen LogP contribution in [0.15, 0.2) is 18.2 Å². The first-order chi connectivity index (χ1) is 10.7. The molecule has 0 atom stereocenters. The molecule has 0 aliphatic rings. The summed E-state index contributed by atoms with van der Waals surface area (Å²) in [5.41, 5.74) is 12.3. The van der Waals surface area contributed by atoms with Crippen LogP contribution in [0, 0.1) is 0 Å². The molecule has 0 aliphatic carbocycles. The van der Waals surface area contributed by atoms with Crippen LogP contribution in [0.4, 0.5) is 11.8 Å². The molecule has 0 saturated heterocycles. The largest absolute Gasteiger partial charge is 0.504 e. The lowest BCUT2D eigenvalue weighted by Gasteiger charge is -2.11. The molecule has 0 unspecified atom stereocenters. The number of nitrogen functional groups attached to an aromatic ring is 2. The summed E-state index contributed by atoms with van der Waals surface area (Å²) in [5, 5.41) is 10.0. The molecule has 20 heavy (non-hydrogen) atoms. The lowest BCUT2D eigenvalue weighted by molar-refractivity contribution is 0.332. The standard InChI is InChI=1S/C13H16N4O3/c1-19-10-5-7(4-9(18)12(10)20-2)3-8-6-11(14)17-13(15)16-8/h4-6,18H,3H2,1-2H3,(H4,14,15,16,17)/i2D3. The Bertz CT molecular complexity index is 702. The predicted octanol–water partition coefficient (Wildman–Crippen LogP) is 0.955. The van der Waals surface area contributed by atoms with Crippen molar-refractivity contribution < 1.29 is 18.7 Å². The monoisotopic (exact) mass is 279 g/mol. The maximum Gasteiger partial charge on any atom is 0.222 e. The Balaban J connectivity index is 2.35. The van der Waals surface area contributed by atoms with Crippen molar-refractivity contribution in [2.24, 2.45) is 0 Å². The van der Waals surface area contributed by atoms with Gasteiger partial charge in [0.25, 0.3) is 0 Å². The second kappa shape index (κ2) is 5.52. The Hall–Kier alpha value is -2.70. The zero-order valence-electron chi connectivity index (χ0n) is 13.8. The van der Waals surface area contributed by atoms with Crippen LogP contribution in [0.3, 0.4) is 0 Å². The molecule has 7 nitrogen and oxygen atoms in total. The van der Waals surface area contributed by atoms with Gasteiger partial charge in [0.15, 0.2) is 11.5 Å². The van der Waals surface area contributed by atoms with Gasteiger partial charge in [-0.2, -0.15) is 4.98 Å². The van der Waals surface area contributed by atoms with Gasteiger partial charge in [0.1, 0.15) is 5.82 Å². The van der Waals surface area contributed by atoms with Gasteiger partial charge in [-0.1, -0.05) is 0 Å². The summed E-state index contributed by atoms with van der Waals surface area (Å²) >= 11 is 0. The Morgan fingerprint density at radius 1 is 1.25 bits per heavy atom. The van der Waals surface area contributed by atoms with E-state index in [1.807, 2.05) is 0 Å². The highest BCUT2D eigenvalue weighted by Gasteiger charge is 2.12. The van der Waals surface area contributed by atoms with Crippen LogP contribution < -0.4 is 20.9 Å². The maximum atomic E-state index is 10.0. The number of aromatic nitrogens is 2. The average molecular weight is 279 g/mol. The average Bonchev–Trinajstić information content (AvgIpc) is 2.39. The van der Waals surface area contributed by atoms with Crippen LogP contribution >= 0.6 is 0 Å². The molecule has 1 aromatic carbocycles. The minimum Gasteiger partial charge on any atom is -0.504 e. The summed E-state index contributed by atoms with van der Waals surface area (Å²) in [4.78, 5) is 7.81. The fraction of sp³-hybridized carbons (Fsp3) is 0.231. The van der Waals surface area contributed by atoms with Crippen molar-refractivity contribution in [3.05, 3.63) is 29.5 Å². The first-order valence-electron chi connectivity index (χ1n) is 7.16. The molecular formula is C13H16N4O3. The molecule has 5 N–H and O–H groups in total. The van der Waals surface area contributed by atoms with Gasteiger partial charge in [-0.25, -0.2) is 4.98 Å². The number of nitrogens with two attached hydrogens (primary N) is 2. The summed E-state index contributed by atoms with van der Waals surface area (Å²) in [6.45, 7) is 0. The van der Waals surface area contributed by atoms with Crippen molar-refractivity contribution >= 4 is 11.8 Å². The fourth-order valence-electron chi connectivity index (χ4n) is 1.84.